The van der Waals surface area contributed by atoms with Crippen molar-refractivity contribution in [3.63, 3.8) is 0 Å². The molecule has 0 atom stereocenters. The molecule has 0 aliphatic rings. The number of aromatic nitrogens is 2. The maximum atomic E-state index is 4.07. The number of rotatable bonds is 1. The lowest BCUT2D eigenvalue weighted by molar-refractivity contribution is 1.02. The summed E-state index contributed by atoms with van der Waals surface area (Å²) < 4.78 is 1.19. The topological polar surface area (TPSA) is 37.8 Å². The van der Waals surface area contributed by atoms with Crippen molar-refractivity contribution in [1.29, 1.82) is 0 Å². The van der Waals surface area contributed by atoms with Crippen LogP contribution in [0.25, 0.3) is 10.2 Å². The lowest BCUT2D eigenvalue weighted by Crippen LogP contribution is -1.96. The van der Waals surface area contributed by atoms with Gasteiger partial charge >= 0.3 is 0 Å². The average Bonchev–Trinajstić information content (AvgIpc) is 2.52. The van der Waals surface area contributed by atoms with E-state index in [0.29, 0.717) is 0 Å². The summed E-state index contributed by atoms with van der Waals surface area (Å²) in [6.45, 7) is 1.96. The van der Waals surface area contributed by atoms with E-state index in [9.17, 15) is 0 Å². The quantitative estimate of drug-likeness (QED) is 0.728. The Morgan fingerprint density at radius 1 is 1.42 bits per heavy atom. The van der Waals surface area contributed by atoms with Crippen molar-refractivity contribution in [2.75, 3.05) is 12.4 Å². The number of thiophene rings is 1. The largest absolute Gasteiger partial charge is 0.385 e. The molecule has 62 valence electrons. The maximum absolute atomic E-state index is 4.07. The minimum atomic E-state index is 0.951. The number of anilines is 1. The van der Waals surface area contributed by atoms with Crippen molar-refractivity contribution in [2.45, 2.75) is 6.92 Å². The van der Waals surface area contributed by atoms with Gasteiger partial charge in [0.15, 0.2) is 0 Å². The fraction of sp³-hybridized carbons (Fsp3) is 0.250. The third-order valence-electron chi connectivity index (χ3n) is 1.79. The zero-order valence-corrected chi connectivity index (χ0v) is 7.77. The molecule has 0 amide bonds. The summed E-state index contributed by atoms with van der Waals surface area (Å²) in [4.78, 5) is 0. The molecule has 0 fully saturated rings. The first-order valence-corrected chi connectivity index (χ1v) is 4.59. The van der Waals surface area contributed by atoms with E-state index in [1.807, 2.05) is 25.4 Å². The SMILES string of the molecule is CNc1c(C)nnc2ccsc12. The van der Waals surface area contributed by atoms with Gasteiger partial charge < -0.3 is 5.32 Å². The highest BCUT2D eigenvalue weighted by molar-refractivity contribution is 7.17. The van der Waals surface area contributed by atoms with Gasteiger partial charge in [-0.2, -0.15) is 5.10 Å². The first kappa shape index (κ1) is 7.49. The molecule has 0 aliphatic carbocycles. The summed E-state index contributed by atoms with van der Waals surface area (Å²) in [5.41, 5.74) is 3.01. The van der Waals surface area contributed by atoms with Gasteiger partial charge in [0.05, 0.1) is 16.1 Å². The molecule has 0 aliphatic heterocycles. The Morgan fingerprint density at radius 2 is 2.25 bits per heavy atom. The molecule has 1 N–H and O–H groups in total. The van der Waals surface area contributed by atoms with E-state index < -0.39 is 0 Å². The highest BCUT2D eigenvalue weighted by atomic mass is 32.1. The molecule has 0 bridgehead atoms. The van der Waals surface area contributed by atoms with E-state index in [1.165, 1.54) is 4.70 Å². The van der Waals surface area contributed by atoms with Crippen LogP contribution in [0.5, 0.6) is 0 Å². The third-order valence-corrected chi connectivity index (χ3v) is 2.71. The lowest BCUT2D eigenvalue weighted by Gasteiger charge is -2.02. The predicted octanol–water partition coefficient (Wildman–Crippen LogP) is 2.04. The summed E-state index contributed by atoms with van der Waals surface area (Å²) in [5.74, 6) is 0. The zero-order chi connectivity index (χ0) is 8.55. The fourth-order valence-electron chi connectivity index (χ4n) is 1.21. The Bertz CT molecular complexity index is 408. The number of hydrogen-bond acceptors (Lipinski definition) is 4. The van der Waals surface area contributed by atoms with Crippen molar-refractivity contribution in [1.82, 2.24) is 10.2 Å². The summed E-state index contributed by atoms with van der Waals surface area (Å²) >= 11 is 1.69. The Balaban J connectivity index is 2.83. The Hall–Kier alpha value is -1.16. The summed E-state index contributed by atoms with van der Waals surface area (Å²) in [5, 5.41) is 13.3. The second-order valence-electron chi connectivity index (χ2n) is 2.55. The fourth-order valence-corrected chi connectivity index (χ4v) is 2.14. The van der Waals surface area contributed by atoms with E-state index in [2.05, 4.69) is 15.5 Å². The summed E-state index contributed by atoms with van der Waals surface area (Å²) in [6.07, 6.45) is 0. The van der Waals surface area contributed by atoms with Crippen molar-refractivity contribution in [3.8, 4) is 0 Å². The first-order chi connectivity index (χ1) is 5.83. The van der Waals surface area contributed by atoms with Gasteiger partial charge in [0, 0.05) is 7.05 Å². The smallest absolute Gasteiger partial charge is 0.106 e. The number of hydrogen-bond donors (Lipinski definition) is 1. The van der Waals surface area contributed by atoms with Crippen molar-refractivity contribution in [3.05, 3.63) is 17.1 Å². The number of aryl methyl sites for hydroxylation is 1. The Labute approximate surface area is 74.4 Å². The monoisotopic (exact) mass is 179 g/mol. The molecule has 2 heterocycles. The molecular formula is C8H9N3S. The van der Waals surface area contributed by atoms with E-state index in [-0.39, 0.29) is 0 Å². The van der Waals surface area contributed by atoms with E-state index in [0.717, 1.165) is 16.9 Å². The number of fused-ring (bicyclic) bond motifs is 1. The molecule has 2 aromatic rings. The van der Waals surface area contributed by atoms with Crippen LogP contribution < -0.4 is 5.32 Å². The molecule has 0 unspecified atom stereocenters. The van der Waals surface area contributed by atoms with Crippen LogP contribution in [0.3, 0.4) is 0 Å². The normalized spacial score (nSPS) is 10.5. The van der Waals surface area contributed by atoms with Crippen LogP contribution in [0, 0.1) is 6.92 Å². The van der Waals surface area contributed by atoms with Crippen LogP contribution in [0.15, 0.2) is 11.4 Å². The Kier molecular flexibility index (Phi) is 1.69. The maximum Gasteiger partial charge on any atom is 0.106 e. The standard InChI is InChI=1S/C8H9N3S/c1-5-7(9-2)8-6(11-10-5)3-4-12-8/h3-4H,1-2H3,(H,9,11). The molecule has 0 aromatic carbocycles. The molecule has 0 saturated carbocycles. The van der Waals surface area contributed by atoms with E-state index in [1.54, 1.807) is 11.3 Å². The number of nitrogens with zero attached hydrogens (tertiary/aromatic N) is 2. The van der Waals surface area contributed by atoms with Gasteiger partial charge in [-0.1, -0.05) is 0 Å². The van der Waals surface area contributed by atoms with Crippen LogP contribution in [0.1, 0.15) is 5.69 Å². The molecule has 2 rings (SSSR count). The highest BCUT2D eigenvalue weighted by Gasteiger charge is 2.05. The van der Waals surface area contributed by atoms with Gasteiger partial charge in [0.25, 0.3) is 0 Å². The van der Waals surface area contributed by atoms with Crippen LogP contribution in [0.2, 0.25) is 0 Å². The van der Waals surface area contributed by atoms with E-state index in [4.69, 9.17) is 0 Å². The van der Waals surface area contributed by atoms with Gasteiger partial charge in [0.1, 0.15) is 5.52 Å². The van der Waals surface area contributed by atoms with Crippen molar-refractivity contribution < 1.29 is 0 Å². The third kappa shape index (κ3) is 0.956. The molecular weight excluding hydrogens is 170 g/mol. The summed E-state index contributed by atoms with van der Waals surface area (Å²) in [7, 11) is 1.91. The molecule has 0 saturated heterocycles. The molecule has 0 spiro atoms. The predicted molar refractivity (Wildman–Crippen MR) is 51.7 cm³/mol. The van der Waals surface area contributed by atoms with Crippen LogP contribution >= 0.6 is 11.3 Å². The number of nitrogens with one attached hydrogen (secondary N) is 1. The van der Waals surface area contributed by atoms with E-state index >= 15 is 0 Å². The second-order valence-corrected chi connectivity index (χ2v) is 3.46. The van der Waals surface area contributed by atoms with Gasteiger partial charge in [-0.15, -0.1) is 16.4 Å². The molecule has 2 aromatic heterocycles. The second kappa shape index (κ2) is 2.71. The molecule has 0 radical (unpaired) electrons. The first-order valence-electron chi connectivity index (χ1n) is 3.71. The Morgan fingerprint density at radius 3 is 3.00 bits per heavy atom. The molecule has 12 heavy (non-hydrogen) atoms. The van der Waals surface area contributed by atoms with Crippen LogP contribution in [-0.4, -0.2) is 17.2 Å². The van der Waals surface area contributed by atoms with Gasteiger partial charge in [-0.3, -0.25) is 0 Å². The molecule has 4 heteroatoms. The van der Waals surface area contributed by atoms with Gasteiger partial charge in [-0.05, 0) is 18.4 Å². The van der Waals surface area contributed by atoms with Crippen LogP contribution in [0.4, 0.5) is 5.69 Å². The van der Waals surface area contributed by atoms with Crippen LogP contribution in [-0.2, 0) is 0 Å². The average molecular weight is 179 g/mol. The van der Waals surface area contributed by atoms with Gasteiger partial charge in [0.2, 0.25) is 0 Å². The minimum absolute atomic E-state index is 0.951. The minimum Gasteiger partial charge on any atom is -0.385 e. The molecule has 3 nitrogen and oxygen atoms in total. The van der Waals surface area contributed by atoms with Crippen molar-refractivity contribution >= 4 is 27.2 Å². The zero-order valence-electron chi connectivity index (χ0n) is 6.96. The van der Waals surface area contributed by atoms with Gasteiger partial charge in [-0.25, -0.2) is 0 Å². The van der Waals surface area contributed by atoms with Crippen molar-refractivity contribution in [2.24, 2.45) is 0 Å². The lowest BCUT2D eigenvalue weighted by atomic mass is 10.3. The summed E-state index contributed by atoms with van der Waals surface area (Å²) in [6, 6.07) is 1.98. The highest BCUT2D eigenvalue weighted by Crippen LogP contribution is 2.27.